The average Bonchev–Trinajstić information content (AvgIpc) is 3.47. The number of nitro benzene ring substituents is 1. The predicted molar refractivity (Wildman–Crippen MR) is 130 cm³/mol. The van der Waals surface area contributed by atoms with Crippen molar-refractivity contribution in [2.75, 3.05) is 0 Å². The SMILES string of the molecule is CCc1nn2c(=O)c(C(c3ccc([N+](=O)[O-])cc3)c3c(O)nc4sc(CC)nn4c3=O)c(O)nc2s1. The van der Waals surface area contributed by atoms with E-state index in [0.29, 0.717) is 22.9 Å². The zero-order valence-electron chi connectivity index (χ0n) is 18.8. The fraction of sp³-hybridized carbons (Fsp3) is 0.238. The molecule has 4 aromatic heterocycles. The van der Waals surface area contributed by atoms with Crippen molar-refractivity contribution in [1.29, 1.82) is 0 Å². The molecule has 36 heavy (non-hydrogen) atoms. The maximum Gasteiger partial charge on any atom is 0.283 e. The number of aryl methyl sites for hydroxylation is 2. The van der Waals surface area contributed by atoms with Gasteiger partial charge in [0, 0.05) is 12.1 Å². The largest absolute Gasteiger partial charge is 0.493 e. The Hall–Kier alpha value is -4.24. The summed E-state index contributed by atoms with van der Waals surface area (Å²) in [5.74, 6) is -2.70. The van der Waals surface area contributed by atoms with Crippen LogP contribution in [0.1, 0.15) is 46.5 Å². The zero-order valence-corrected chi connectivity index (χ0v) is 20.4. The third-order valence-corrected chi connectivity index (χ3v) is 7.66. The lowest BCUT2D eigenvalue weighted by molar-refractivity contribution is -0.384. The summed E-state index contributed by atoms with van der Waals surface area (Å²) in [5.41, 5.74) is -2.20. The first-order valence-corrected chi connectivity index (χ1v) is 12.3. The molecule has 0 bridgehead atoms. The normalized spacial score (nSPS) is 11.6. The minimum Gasteiger partial charge on any atom is -0.493 e. The Kier molecular flexibility index (Phi) is 5.72. The van der Waals surface area contributed by atoms with E-state index in [1.165, 1.54) is 24.3 Å². The van der Waals surface area contributed by atoms with Gasteiger partial charge in [0.1, 0.15) is 10.0 Å². The summed E-state index contributed by atoms with van der Waals surface area (Å²) in [6, 6.07) is 5.06. The van der Waals surface area contributed by atoms with E-state index in [1.807, 2.05) is 13.8 Å². The van der Waals surface area contributed by atoms with Crippen molar-refractivity contribution in [1.82, 2.24) is 29.2 Å². The fourth-order valence-corrected chi connectivity index (χ4v) is 5.47. The van der Waals surface area contributed by atoms with E-state index in [2.05, 4.69) is 20.2 Å². The maximum atomic E-state index is 13.6. The van der Waals surface area contributed by atoms with E-state index < -0.39 is 33.7 Å². The van der Waals surface area contributed by atoms with Crippen LogP contribution in [-0.2, 0) is 12.8 Å². The molecule has 4 heterocycles. The van der Waals surface area contributed by atoms with E-state index in [4.69, 9.17) is 0 Å². The van der Waals surface area contributed by atoms with E-state index in [0.717, 1.165) is 31.7 Å². The lowest BCUT2D eigenvalue weighted by Crippen LogP contribution is -2.29. The quantitative estimate of drug-likeness (QED) is 0.246. The molecule has 15 heteroatoms. The number of benzene rings is 1. The number of aromatic nitrogens is 6. The van der Waals surface area contributed by atoms with Gasteiger partial charge in [-0.3, -0.25) is 19.7 Å². The molecule has 1 aromatic carbocycles. The van der Waals surface area contributed by atoms with Crippen molar-refractivity contribution in [3.63, 3.8) is 0 Å². The van der Waals surface area contributed by atoms with Gasteiger partial charge >= 0.3 is 0 Å². The van der Waals surface area contributed by atoms with Crippen LogP contribution in [0, 0.1) is 10.1 Å². The highest BCUT2D eigenvalue weighted by molar-refractivity contribution is 7.16. The standard InChI is InChI=1S/C21H17N7O6S2/c1-3-11-24-26-18(31)14(16(29)22-20(26)35-11)13(9-5-7-10(8-6-9)28(33)34)15-17(30)23-21-27(19(15)32)25-12(4-2)36-21/h5-8,13,29-30H,3-4H2,1-2H3. The third-order valence-electron chi connectivity index (χ3n) is 5.55. The molecule has 5 rings (SSSR count). The van der Waals surface area contributed by atoms with Gasteiger partial charge in [-0.1, -0.05) is 48.7 Å². The Bertz CT molecular complexity index is 1670. The molecule has 13 nitrogen and oxygen atoms in total. The van der Waals surface area contributed by atoms with E-state index >= 15 is 0 Å². The fourth-order valence-electron chi connectivity index (χ4n) is 3.83. The molecule has 0 aliphatic carbocycles. The Morgan fingerprint density at radius 1 is 0.889 bits per heavy atom. The van der Waals surface area contributed by atoms with Crippen LogP contribution >= 0.6 is 22.7 Å². The summed E-state index contributed by atoms with van der Waals surface area (Å²) in [6.07, 6.45) is 1.06. The van der Waals surface area contributed by atoms with Crippen molar-refractivity contribution in [3.05, 3.63) is 81.8 Å². The number of nitrogens with zero attached hydrogens (tertiary/aromatic N) is 7. The second kappa shape index (κ2) is 8.76. The second-order valence-electron chi connectivity index (χ2n) is 7.68. The highest BCUT2D eigenvalue weighted by Crippen LogP contribution is 2.37. The molecule has 0 aliphatic rings. The summed E-state index contributed by atoms with van der Waals surface area (Å²) < 4.78 is 2.05. The van der Waals surface area contributed by atoms with E-state index in [1.54, 1.807) is 0 Å². The van der Waals surface area contributed by atoms with Gasteiger partial charge in [-0.25, -0.2) is 0 Å². The molecule has 0 unspecified atom stereocenters. The maximum absolute atomic E-state index is 13.6. The molecule has 0 fully saturated rings. The van der Waals surface area contributed by atoms with Gasteiger partial charge in [0.25, 0.3) is 16.8 Å². The molecule has 5 aromatic rings. The highest BCUT2D eigenvalue weighted by Gasteiger charge is 2.33. The lowest BCUT2D eigenvalue weighted by Gasteiger charge is -2.18. The summed E-state index contributed by atoms with van der Waals surface area (Å²) in [5, 5.41) is 42.6. The third kappa shape index (κ3) is 3.68. The molecular weight excluding hydrogens is 510 g/mol. The monoisotopic (exact) mass is 527 g/mol. The van der Waals surface area contributed by atoms with Crippen LogP contribution in [0.2, 0.25) is 0 Å². The first-order chi connectivity index (χ1) is 17.2. The zero-order chi connectivity index (χ0) is 25.7. The number of fused-ring (bicyclic) bond motifs is 2. The van der Waals surface area contributed by atoms with Crippen LogP contribution in [0.3, 0.4) is 0 Å². The number of rotatable bonds is 6. The Morgan fingerprint density at radius 2 is 1.33 bits per heavy atom. The van der Waals surface area contributed by atoms with Gasteiger partial charge in [0.05, 0.1) is 22.0 Å². The van der Waals surface area contributed by atoms with Crippen molar-refractivity contribution >= 4 is 38.3 Å². The highest BCUT2D eigenvalue weighted by atomic mass is 32.1. The van der Waals surface area contributed by atoms with Gasteiger partial charge in [-0.15, -0.1) is 0 Å². The van der Waals surface area contributed by atoms with Crippen LogP contribution in [0.15, 0.2) is 33.9 Å². The van der Waals surface area contributed by atoms with Crippen molar-refractivity contribution in [3.8, 4) is 11.8 Å². The van der Waals surface area contributed by atoms with Crippen LogP contribution in [0.4, 0.5) is 5.69 Å². The van der Waals surface area contributed by atoms with Crippen LogP contribution < -0.4 is 11.1 Å². The lowest BCUT2D eigenvalue weighted by atomic mass is 9.87. The van der Waals surface area contributed by atoms with Gasteiger partial charge in [0.15, 0.2) is 0 Å². The van der Waals surface area contributed by atoms with Gasteiger partial charge in [-0.2, -0.15) is 29.2 Å². The molecule has 0 saturated carbocycles. The van der Waals surface area contributed by atoms with Gasteiger partial charge < -0.3 is 10.2 Å². The Morgan fingerprint density at radius 3 is 1.72 bits per heavy atom. The van der Waals surface area contributed by atoms with Crippen molar-refractivity contribution in [2.45, 2.75) is 32.6 Å². The summed E-state index contributed by atoms with van der Waals surface area (Å²) >= 11 is 2.25. The number of non-ortho nitro benzene ring substituents is 1. The topological polar surface area (TPSA) is 178 Å². The molecule has 0 saturated heterocycles. The molecule has 2 N–H and O–H groups in total. The minimum atomic E-state index is -1.38. The second-order valence-corrected chi connectivity index (χ2v) is 9.76. The number of hydrogen-bond acceptors (Lipinski definition) is 12. The smallest absolute Gasteiger partial charge is 0.283 e. The molecule has 0 aliphatic heterocycles. The molecule has 184 valence electrons. The Balaban J connectivity index is 1.85. The summed E-state index contributed by atoms with van der Waals surface area (Å²) in [6.45, 7) is 3.70. The number of hydrogen-bond donors (Lipinski definition) is 2. The summed E-state index contributed by atoms with van der Waals surface area (Å²) in [7, 11) is 0. The molecule has 0 amide bonds. The number of aromatic hydroxyl groups is 2. The Labute approximate surface area is 208 Å². The molecular formula is C21H17N7O6S2. The van der Waals surface area contributed by atoms with Crippen LogP contribution in [0.5, 0.6) is 11.8 Å². The predicted octanol–water partition coefficient (Wildman–Crippen LogP) is 2.24. The van der Waals surface area contributed by atoms with Gasteiger partial charge in [0.2, 0.25) is 21.7 Å². The van der Waals surface area contributed by atoms with Crippen LogP contribution in [-0.4, -0.2) is 44.3 Å². The van der Waals surface area contributed by atoms with Crippen molar-refractivity contribution in [2.24, 2.45) is 0 Å². The van der Waals surface area contributed by atoms with Crippen molar-refractivity contribution < 1.29 is 15.1 Å². The van der Waals surface area contributed by atoms with E-state index in [9.17, 15) is 29.9 Å². The first kappa shape index (κ1) is 23.5. The number of nitro groups is 1. The molecule has 0 spiro atoms. The molecule has 0 atom stereocenters. The van der Waals surface area contributed by atoms with Crippen LogP contribution in [0.25, 0.3) is 9.92 Å². The average molecular weight is 528 g/mol. The minimum absolute atomic E-state index is 0.155. The van der Waals surface area contributed by atoms with Gasteiger partial charge in [-0.05, 0) is 18.4 Å². The summed E-state index contributed by atoms with van der Waals surface area (Å²) in [4.78, 5) is 46.2. The molecule has 0 radical (unpaired) electrons. The first-order valence-electron chi connectivity index (χ1n) is 10.7. The van der Waals surface area contributed by atoms with E-state index in [-0.39, 0.29) is 32.3 Å².